The molecule has 96 valence electrons. The first kappa shape index (κ1) is 13.5. The molecule has 0 unspecified atom stereocenters. The van der Waals surface area contributed by atoms with E-state index in [1.165, 1.54) is 11.1 Å². The van der Waals surface area contributed by atoms with Gasteiger partial charge in [0.05, 0.1) is 12.7 Å². The highest BCUT2D eigenvalue weighted by atomic mass is 32.2. The molecule has 0 saturated heterocycles. The maximum Gasteiger partial charge on any atom is 0.120 e. The van der Waals surface area contributed by atoms with Crippen LogP contribution in [0.4, 0.5) is 0 Å². The second-order valence-corrected chi connectivity index (χ2v) is 5.44. The van der Waals surface area contributed by atoms with E-state index in [4.69, 9.17) is 10.00 Å². The number of hydrogen-bond donors (Lipinski definition) is 0. The van der Waals surface area contributed by atoms with Gasteiger partial charge in [0.25, 0.3) is 0 Å². The van der Waals surface area contributed by atoms with E-state index in [0.717, 1.165) is 15.5 Å². The van der Waals surface area contributed by atoms with Crippen LogP contribution in [0.2, 0.25) is 0 Å². The van der Waals surface area contributed by atoms with Gasteiger partial charge in [0.15, 0.2) is 0 Å². The van der Waals surface area contributed by atoms with Gasteiger partial charge in [-0.25, -0.2) is 0 Å². The zero-order valence-corrected chi connectivity index (χ0v) is 12.0. The van der Waals surface area contributed by atoms with Crippen LogP contribution in [-0.4, -0.2) is 7.11 Å². The number of methoxy groups -OCH3 is 1. The van der Waals surface area contributed by atoms with Crippen LogP contribution < -0.4 is 4.74 Å². The zero-order chi connectivity index (χ0) is 13.8. The van der Waals surface area contributed by atoms with Gasteiger partial charge in [-0.3, -0.25) is 0 Å². The lowest BCUT2D eigenvalue weighted by Crippen LogP contribution is -1.87. The second-order valence-electron chi connectivity index (χ2n) is 4.32. The average Bonchev–Trinajstić information content (AvgIpc) is 2.43. The number of aryl methyl sites for hydroxylation is 2. The van der Waals surface area contributed by atoms with E-state index in [9.17, 15) is 0 Å². The summed E-state index contributed by atoms with van der Waals surface area (Å²) >= 11 is 1.59. The van der Waals surface area contributed by atoms with Crippen LogP contribution in [0.3, 0.4) is 0 Å². The molecule has 0 N–H and O–H groups in total. The Morgan fingerprint density at radius 3 is 2.47 bits per heavy atom. The van der Waals surface area contributed by atoms with Crippen molar-refractivity contribution in [3.63, 3.8) is 0 Å². The summed E-state index contributed by atoms with van der Waals surface area (Å²) in [7, 11) is 1.63. The standard InChI is InChI=1S/C16H15NOS/c1-11-4-7-15(8-12(11)2)19-16-9-14(18-3)6-5-13(16)10-17/h4-9H,1-3H3. The van der Waals surface area contributed by atoms with Gasteiger partial charge >= 0.3 is 0 Å². The Morgan fingerprint density at radius 1 is 1.05 bits per heavy atom. The molecule has 0 aliphatic rings. The Labute approximate surface area is 118 Å². The molecule has 0 bridgehead atoms. The summed E-state index contributed by atoms with van der Waals surface area (Å²) in [4.78, 5) is 2.05. The van der Waals surface area contributed by atoms with Crippen molar-refractivity contribution in [2.24, 2.45) is 0 Å². The van der Waals surface area contributed by atoms with Gasteiger partial charge in [-0.2, -0.15) is 5.26 Å². The van der Waals surface area contributed by atoms with E-state index >= 15 is 0 Å². The van der Waals surface area contributed by atoms with Crippen LogP contribution in [-0.2, 0) is 0 Å². The third kappa shape index (κ3) is 3.10. The Hall–Kier alpha value is -1.92. The van der Waals surface area contributed by atoms with E-state index in [1.54, 1.807) is 24.9 Å². The molecule has 2 aromatic carbocycles. The lowest BCUT2D eigenvalue weighted by atomic mass is 10.1. The number of nitriles is 1. The van der Waals surface area contributed by atoms with Gasteiger partial charge in [-0.05, 0) is 55.3 Å². The third-order valence-corrected chi connectivity index (χ3v) is 4.06. The van der Waals surface area contributed by atoms with Gasteiger partial charge in [0, 0.05) is 9.79 Å². The molecule has 0 spiro atoms. The maximum atomic E-state index is 9.15. The molecule has 0 atom stereocenters. The maximum absolute atomic E-state index is 9.15. The molecule has 0 heterocycles. The predicted molar refractivity (Wildman–Crippen MR) is 77.7 cm³/mol. The first-order chi connectivity index (χ1) is 9.13. The predicted octanol–water partition coefficient (Wildman–Crippen LogP) is 4.33. The van der Waals surface area contributed by atoms with Crippen molar-refractivity contribution in [2.45, 2.75) is 23.6 Å². The molecule has 0 fully saturated rings. The van der Waals surface area contributed by atoms with Crippen LogP contribution in [0.1, 0.15) is 16.7 Å². The van der Waals surface area contributed by atoms with E-state index < -0.39 is 0 Å². The molecule has 0 aliphatic heterocycles. The Bertz CT molecular complexity index is 644. The molecule has 2 rings (SSSR count). The van der Waals surface area contributed by atoms with E-state index in [0.29, 0.717) is 5.56 Å². The number of hydrogen-bond acceptors (Lipinski definition) is 3. The molecular weight excluding hydrogens is 254 g/mol. The van der Waals surface area contributed by atoms with Crippen molar-refractivity contribution in [1.29, 1.82) is 5.26 Å². The smallest absolute Gasteiger partial charge is 0.120 e. The van der Waals surface area contributed by atoms with Crippen molar-refractivity contribution in [3.05, 3.63) is 53.1 Å². The molecule has 2 aromatic rings. The molecule has 0 radical (unpaired) electrons. The summed E-state index contributed by atoms with van der Waals surface area (Å²) in [5, 5.41) is 9.15. The summed E-state index contributed by atoms with van der Waals surface area (Å²) < 4.78 is 5.21. The minimum Gasteiger partial charge on any atom is -0.497 e. The first-order valence-corrected chi connectivity index (χ1v) is 6.79. The highest BCUT2D eigenvalue weighted by Crippen LogP contribution is 2.33. The average molecular weight is 269 g/mol. The SMILES string of the molecule is COc1ccc(C#N)c(Sc2ccc(C)c(C)c2)c1. The zero-order valence-electron chi connectivity index (χ0n) is 11.2. The molecular formula is C16H15NOS. The van der Waals surface area contributed by atoms with Crippen molar-refractivity contribution in [3.8, 4) is 11.8 Å². The van der Waals surface area contributed by atoms with Gasteiger partial charge in [0.2, 0.25) is 0 Å². The molecule has 0 aromatic heterocycles. The fourth-order valence-corrected chi connectivity index (χ4v) is 2.74. The van der Waals surface area contributed by atoms with Crippen LogP contribution >= 0.6 is 11.8 Å². The first-order valence-electron chi connectivity index (χ1n) is 5.97. The molecule has 0 aliphatic carbocycles. The minimum absolute atomic E-state index is 0.670. The lowest BCUT2D eigenvalue weighted by Gasteiger charge is -2.08. The highest BCUT2D eigenvalue weighted by Gasteiger charge is 2.07. The highest BCUT2D eigenvalue weighted by molar-refractivity contribution is 7.99. The lowest BCUT2D eigenvalue weighted by molar-refractivity contribution is 0.413. The fourth-order valence-electron chi connectivity index (χ4n) is 1.71. The van der Waals surface area contributed by atoms with Crippen LogP contribution in [0.15, 0.2) is 46.2 Å². The van der Waals surface area contributed by atoms with Gasteiger partial charge in [-0.15, -0.1) is 0 Å². The summed E-state index contributed by atoms with van der Waals surface area (Å²) in [6.07, 6.45) is 0. The molecule has 3 heteroatoms. The van der Waals surface area contributed by atoms with Gasteiger partial charge in [0.1, 0.15) is 11.8 Å². The summed E-state index contributed by atoms with van der Waals surface area (Å²) in [5.41, 5.74) is 3.20. The number of rotatable bonds is 3. The van der Waals surface area contributed by atoms with E-state index in [2.05, 4.69) is 38.1 Å². The quantitative estimate of drug-likeness (QED) is 0.831. The van der Waals surface area contributed by atoms with Crippen LogP contribution in [0.5, 0.6) is 5.75 Å². The number of ether oxygens (including phenoxy) is 1. The van der Waals surface area contributed by atoms with Gasteiger partial charge < -0.3 is 4.74 Å². The van der Waals surface area contributed by atoms with Crippen molar-refractivity contribution in [2.75, 3.05) is 7.11 Å². The Balaban J connectivity index is 2.36. The van der Waals surface area contributed by atoms with E-state index in [1.807, 2.05) is 12.1 Å². The molecule has 0 saturated carbocycles. The Kier molecular flexibility index (Phi) is 4.13. The second kappa shape index (κ2) is 5.81. The number of nitrogens with zero attached hydrogens (tertiary/aromatic N) is 1. The van der Waals surface area contributed by atoms with Crippen molar-refractivity contribution in [1.82, 2.24) is 0 Å². The summed E-state index contributed by atoms with van der Waals surface area (Å²) in [5.74, 6) is 0.769. The molecule has 0 amide bonds. The van der Waals surface area contributed by atoms with Crippen molar-refractivity contribution >= 4 is 11.8 Å². The summed E-state index contributed by atoms with van der Waals surface area (Å²) in [6.45, 7) is 4.19. The topological polar surface area (TPSA) is 33.0 Å². The van der Waals surface area contributed by atoms with Crippen LogP contribution in [0, 0.1) is 25.2 Å². The largest absolute Gasteiger partial charge is 0.497 e. The third-order valence-electron chi connectivity index (χ3n) is 3.02. The number of benzene rings is 2. The normalized spacial score (nSPS) is 10.0. The van der Waals surface area contributed by atoms with Crippen LogP contribution in [0.25, 0.3) is 0 Å². The monoisotopic (exact) mass is 269 g/mol. The molecule has 2 nitrogen and oxygen atoms in total. The Morgan fingerprint density at radius 2 is 1.84 bits per heavy atom. The fraction of sp³-hybridized carbons (Fsp3) is 0.188. The molecule has 19 heavy (non-hydrogen) atoms. The van der Waals surface area contributed by atoms with E-state index in [-0.39, 0.29) is 0 Å². The summed E-state index contributed by atoms with van der Waals surface area (Å²) in [6, 6.07) is 14.0. The van der Waals surface area contributed by atoms with Crippen molar-refractivity contribution < 1.29 is 4.74 Å². The minimum atomic E-state index is 0.670. The van der Waals surface area contributed by atoms with Gasteiger partial charge in [-0.1, -0.05) is 17.8 Å².